The summed E-state index contributed by atoms with van der Waals surface area (Å²) in [5.41, 5.74) is 2.52. The van der Waals surface area contributed by atoms with Crippen LogP contribution in [-0.4, -0.2) is 55.6 Å². The Labute approximate surface area is 161 Å². The van der Waals surface area contributed by atoms with Crippen molar-refractivity contribution >= 4 is 17.3 Å². The lowest BCUT2D eigenvalue weighted by Crippen LogP contribution is -2.49. The van der Waals surface area contributed by atoms with Crippen molar-refractivity contribution in [3.05, 3.63) is 48.3 Å². The standard InChI is InChI=1S/C21H28N4O2/c1-16(2)14-22-17-8-9-18(23-15-17)21(26)25-12-10-24(11-13-25)19-6-4-5-7-20(19)27-3/h4-9,15-16,22H,10-14H2,1-3H3. The first kappa shape index (κ1) is 19.0. The molecule has 1 fully saturated rings. The van der Waals surface area contributed by atoms with Crippen LogP contribution in [0, 0.1) is 5.92 Å². The molecule has 1 amide bonds. The first-order valence-electron chi connectivity index (χ1n) is 9.45. The highest BCUT2D eigenvalue weighted by atomic mass is 16.5. The van der Waals surface area contributed by atoms with Gasteiger partial charge >= 0.3 is 0 Å². The number of piperazine rings is 1. The number of aromatic nitrogens is 1. The molecule has 27 heavy (non-hydrogen) atoms. The molecule has 0 saturated carbocycles. The highest BCUT2D eigenvalue weighted by molar-refractivity contribution is 5.92. The van der Waals surface area contributed by atoms with Crippen LogP contribution in [0.5, 0.6) is 5.75 Å². The molecule has 1 aliphatic rings. The van der Waals surface area contributed by atoms with Crippen LogP contribution in [0.25, 0.3) is 0 Å². The van der Waals surface area contributed by atoms with E-state index < -0.39 is 0 Å². The summed E-state index contributed by atoms with van der Waals surface area (Å²) in [6, 6.07) is 11.7. The maximum atomic E-state index is 12.7. The van der Waals surface area contributed by atoms with E-state index in [9.17, 15) is 4.79 Å². The number of benzene rings is 1. The zero-order valence-electron chi connectivity index (χ0n) is 16.3. The van der Waals surface area contributed by atoms with Gasteiger partial charge in [0.15, 0.2) is 0 Å². The first-order valence-corrected chi connectivity index (χ1v) is 9.45. The normalized spacial score (nSPS) is 14.4. The maximum Gasteiger partial charge on any atom is 0.272 e. The number of methoxy groups -OCH3 is 1. The summed E-state index contributed by atoms with van der Waals surface area (Å²) in [5, 5.41) is 3.32. The van der Waals surface area contributed by atoms with Crippen molar-refractivity contribution in [2.24, 2.45) is 5.92 Å². The smallest absolute Gasteiger partial charge is 0.272 e. The van der Waals surface area contributed by atoms with E-state index in [2.05, 4.69) is 35.1 Å². The second-order valence-electron chi connectivity index (χ2n) is 7.16. The molecular weight excluding hydrogens is 340 g/mol. The number of hydrogen-bond acceptors (Lipinski definition) is 5. The second kappa shape index (κ2) is 8.75. The fourth-order valence-corrected chi connectivity index (χ4v) is 3.15. The molecule has 144 valence electrons. The van der Waals surface area contributed by atoms with Crippen LogP contribution < -0.4 is 15.0 Å². The number of ether oxygens (including phenoxy) is 1. The van der Waals surface area contributed by atoms with Gasteiger partial charge in [-0.2, -0.15) is 0 Å². The predicted molar refractivity (Wildman–Crippen MR) is 109 cm³/mol. The molecule has 2 heterocycles. The summed E-state index contributed by atoms with van der Waals surface area (Å²) < 4.78 is 5.45. The number of nitrogens with zero attached hydrogens (tertiary/aromatic N) is 3. The number of carbonyl (C=O) groups excluding carboxylic acids is 1. The van der Waals surface area contributed by atoms with E-state index in [0.29, 0.717) is 24.7 Å². The molecule has 1 saturated heterocycles. The van der Waals surface area contributed by atoms with Gasteiger partial charge < -0.3 is 19.9 Å². The number of carbonyl (C=O) groups is 1. The Bertz CT molecular complexity index is 753. The largest absolute Gasteiger partial charge is 0.495 e. The van der Waals surface area contributed by atoms with Gasteiger partial charge in [-0.3, -0.25) is 4.79 Å². The average molecular weight is 368 g/mol. The lowest BCUT2D eigenvalue weighted by Gasteiger charge is -2.36. The number of anilines is 2. The number of rotatable bonds is 6. The van der Waals surface area contributed by atoms with Gasteiger partial charge in [0, 0.05) is 32.7 Å². The molecule has 6 nitrogen and oxygen atoms in total. The predicted octanol–water partition coefficient (Wildman–Crippen LogP) is 3.12. The van der Waals surface area contributed by atoms with Crippen LogP contribution in [0.3, 0.4) is 0 Å². The quantitative estimate of drug-likeness (QED) is 0.849. The molecule has 2 aromatic rings. The van der Waals surface area contributed by atoms with Gasteiger partial charge in [0.25, 0.3) is 5.91 Å². The summed E-state index contributed by atoms with van der Waals surface area (Å²) in [4.78, 5) is 21.2. The van der Waals surface area contributed by atoms with E-state index in [4.69, 9.17) is 4.74 Å². The summed E-state index contributed by atoms with van der Waals surface area (Å²) in [7, 11) is 1.68. The summed E-state index contributed by atoms with van der Waals surface area (Å²) in [6.07, 6.45) is 1.74. The molecule has 0 bridgehead atoms. The van der Waals surface area contributed by atoms with E-state index >= 15 is 0 Å². The molecule has 0 unspecified atom stereocenters. The van der Waals surface area contributed by atoms with Crippen LogP contribution in [0.2, 0.25) is 0 Å². The molecule has 0 radical (unpaired) electrons. The lowest BCUT2D eigenvalue weighted by atomic mass is 10.2. The minimum atomic E-state index is -0.00918. The molecule has 0 spiro atoms. The molecule has 0 atom stereocenters. The van der Waals surface area contributed by atoms with Crippen molar-refractivity contribution in [3.63, 3.8) is 0 Å². The first-order chi connectivity index (χ1) is 13.1. The van der Waals surface area contributed by atoms with Crippen LogP contribution in [0.15, 0.2) is 42.6 Å². The number of nitrogens with one attached hydrogen (secondary N) is 1. The minimum Gasteiger partial charge on any atom is -0.495 e. The zero-order valence-corrected chi connectivity index (χ0v) is 16.3. The summed E-state index contributed by atoms with van der Waals surface area (Å²) in [5.74, 6) is 1.42. The van der Waals surface area contributed by atoms with Crippen molar-refractivity contribution in [1.82, 2.24) is 9.88 Å². The number of pyridine rings is 1. The maximum absolute atomic E-state index is 12.7. The molecule has 1 N–H and O–H groups in total. The topological polar surface area (TPSA) is 57.7 Å². The number of hydrogen-bond donors (Lipinski definition) is 1. The number of para-hydroxylation sites is 2. The summed E-state index contributed by atoms with van der Waals surface area (Å²) >= 11 is 0. The van der Waals surface area contributed by atoms with E-state index in [0.717, 1.165) is 36.8 Å². The zero-order chi connectivity index (χ0) is 19.2. The molecular formula is C21H28N4O2. The Hall–Kier alpha value is -2.76. The van der Waals surface area contributed by atoms with Gasteiger partial charge in [-0.15, -0.1) is 0 Å². The molecule has 1 aliphatic heterocycles. The van der Waals surface area contributed by atoms with Gasteiger partial charge in [0.05, 0.1) is 24.7 Å². The Morgan fingerprint density at radius 1 is 1.15 bits per heavy atom. The fourth-order valence-electron chi connectivity index (χ4n) is 3.15. The molecule has 0 aliphatic carbocycles. The molecule has 6 heteroatoms. The van der Waals surface area contributed by atoms with Crippen molar-refractivity contribution < 1.29 is 9.53 Å². The van der Waals surface area contributed by atoms with Gasteiger partial charge in [-0.1, -0.05) is 26.0 Å². The van der Waals surface area contributed by atoms with Crippen molar-refractivity contribution in [1.29, 1.82) is 0 Å². The third-order valence-electron chi connectivity index (χ3n) is 4.69. The fraction of sp³-hybridized carbons (Fsp3) is 0.429. The average Bonchev–Trinajstić information content (AvgIpc) is 2.72. The molecule has 1 aromatic carbocycles. The Morgan fingerprint density at radius 2 is 1.89 bits per heavy atom. The number of amides is 1. The Kier molecular flexibility index (Phi) is 6.16. The van der Waals surface area contributed by atoms with Crippen LogP contribution in [0.4, 0.5) is 11.4 Å². The van der Waals surface area contributed by atoms with Crippen molar-refractivity contribution in [2.45, 2.75) is 13.8 Å². The van der Waals surface area contributed by atoms with Crippen LogP contribution >= 0.6 is 0 Å². The lowest BCUT2D eigenvalue weighted by molar-refractivity contribution is 0.0741. The van der Waals surface area contributed by atoms with E-state index in [1.54, 1.807) is 19.4 Å². The van der Waals surface area contributed by atoms with Gasteiger partial charge in [0.1, 0.15) is 11.4 Å². The SMILES string of the molecule is COc1ccccc1N1CCN(C(=O)c2ccc(NCC(C)C)cn2)CC1. The molecule has 1 aromatic heterocycles. The van der Waals surface area contributed by atoms with E-state index in [1.165, 1.54) is 0 Å². The van der Waals surface area contributed by atoms with Crippen molar-refractivity contribution in [2.75, 3.05) is 50.1 Å². The third kappa shape index (κ3) is 4.70. The highest BCUT2D eigenvalue weighted by Gasteiger charge is 2.24. The minimum absolute atomic E-state index is 0.00918. The van der Waals surface area contributed by atoms with E-state index in [-0.39, 0.29) is 5.91 Å². The van der Waals surface area contributed by atoms with E-state index in [1.807, 2.05) is 29.2 Å². The third-order valence-corrected chi connectivity index (χ3v) is 4.69. The van der Waals surface area contributed by atoms with Crippen molar-refractivity contribution in [3.8, 4) is 5.75 Å². The highest BCUT2D eigenvalue weighted by Crippen LogP contribution is 2.28. The molecule has 3 rings (SSSR count). The van der Waals surface area contributed by atoms with Crippen LogP contribution in [0.1, 0.15) is 24.3 Å². The summed E-state index contributed by atoms with van der Waals surface area (Å²) in [6.45, 7) is 8.10. The Morgan fingerprint density at radius 3 is 2.52 bits per heavy atom. The second-order valence-corrected chi connectivity index (χ2v) is 7.16. The van der Waals surface area contributed by atoms with Gasteiger partial charge in [-0.25, -0.2) is 4.98 Å². The Balaban J connectivity index is 1.58. The van der Waals surface area contributed by atoms with Gasteiger partial charge in [-0.05, 0) is 30.2 Å². The van der Waals surface area contributed by atoms with Crippen LogP contribution in [-0.2, 0) is 0 Å². The monoisotopic (exact) mass is 368 g/mol. The van der Waals surface area contributed by atoms with Gasteiger partial charge in [0.2, 0.25) is 0 Å².